The lowest BCUT2D eigenvalue weighted by Crippen LogP contribution is -2.15. The van der Waals surface area contributed by atoms with E-state index in [1.807, 2.05) is 20.8 Å². The molecule has 0 aromatic heterocycles. The van der Waals surface area contributed by atoms with Crippen LogP contribution >= 0.6 is 0 Å². The van der Waals surface area contributed by atoms with Gasteiger partial charge in [-0.3, -0.25) is 0 Å². The van der Waals surface area contributed by atoms with Crippen LogP contribution in [0.3, 0.4) is 0 Å². The SMILES string of the molecule is CC1=CC(=NC#N)C(C)=C(C)C1=NC#N. The zero-order chi connectivity index (χ0) is 11.4. The summed E-state index contributed by atoms with van der Waals surface area (Å²) in [6.07, 6.45) is 5.30. The quantitative estimate of drug-likeness (QED) is 0.441. The van der Waals surface area contributed by atoms with E-state index in [9.17, 15) is 0 Å². The summed E-state index contributed by atoms with van der Waals surface area (Å²) in [7, 11) is 0. The van der Waals surface area contributed by atoms with Crippen LogP contribution in [0.5, 0.6) is 0 Å². The van der Waals surface area contributed by atoms with Crippen molar-refractivity contribution in [3.63, 3.8) is 0 Å². The lowest BCUT2D eigenvalue weighted by molar-refractivity contribution is 1.34. The fourth-order valence-electron chi connectivity index (χ4n) is 1.44. The molecule has 4 heteroatoms. The first-order valence-electron chi connectivity index (χ1n) is 4.42. The Labute approximate surface area is 88.6 Å². The monoisotopic (exact) mass is 198 g/mol. The van der Waals surface area contributed by atoms with Gasteiger partial charge >= 0.3 is 0 Å². The van der Waals surface area contributed by atoms with Crippen LogP contribution in [0.15, 0.2) is 32.8 Å². The Balaban J connectivity index is 3.35. The minimum atomic E-state index is 0.643. The summed E-state index contributed by atoms with van der Waals surface area (Å²) in [5, 5.41) is 17.0. The molecule has 0 aliphatic heterocycles. The largest absolute Gasteiger partial charge is 0.206 e. The van der Waals surface area contributed by atoms with E-state index in [0.29, 0.717) is 11.4 Å². The molecule has 4 nitrogen and oxygen atoms in total. The number of rotatable bonds is 0. The van der Waals surface area contributed by atoms with Crippen molar-refractivity contribution in [1.29, 1.82) is 10.5 Å². The minimum absolute atomic E-state index is 0.643. The molecule has 1 rings (SSSR count). The van der Waals surface area contributed by atoms with Crippen molar-refractivity contribution in [2.75, 3.05) is 0 Å². The van der Waals surface area contributed by atoms with Crippen LogP contribution < -0.4 is 0 Å². The van der Waals surface area contributed by atoms with Crippen LogP contribution in [-0.4, -0.2) is 11.4 Å². The molecule has 0 saturated carbocycles. The minimum Gasteiger partial charge on any atom is -0.173 e. The van der Waals surface area contributed by atoms with Gasteiger partial charge in [-0.25, -0.2) is 0 Å². The number of hydrogen-bond donors (Lipinski definition) is 0. The summed E-state index contributed by atoms with van der Waals surface area (Å²) in [5.74, 6) is 0. The van der Waals surface area contributed by atoms with Crippen molar-refractivity contribution in [3.05, 3.63) is 22.8 Å². The van der Waals surface area contributed by atoms with Crippen molar-refractivity contribution in [1.82, 2.24) is 0 Å². The second kappa shape index (κ2) is 4.34. The number of aliphatic imine (C=N–C) groups is 2. The van der Waals surface area contributed by atoms with Gasteiger partial charge < -0.3 is 0 Å². The highest BCUT2D eigenvalue weighted by Gasteiger charge is 2.17. The maximum absolute atomic E-state index is 8.54. The smallest absolute Gasteiger partial charge is 0.173 e. The maximum atomic E-state index is 8.54. The van der Waals surface area contributed by atoms with Crippen molar-refractivity contribution < 1.29 is 0 Å². The highest BCUT2D eigenvalue weighted by Crippen LogP contribution is 2.20. The molecule has 0 bridgehead atoms. The summed E-state index contributed by atoms with van der Waals surface area (Å²) < 4.78 is 0. The van der Waals surface area contributed by atoms with E-state index >= 15 is 0 Å². The molecule has 74 valence electrons. The summed E-state index contributed by atoms with van der Waals surface area (Å²) in [5.41, 5.74) is 3.95. The van der Waals surface area contributed by atoms with Gasteiger partial charge in [0.2, 0.25) is 12.4 Å². The molecule has 0 radical (unpaired) electrons. The second-order valence-corrected chi connectivity index (χ2v) is 3.23. The molecule has 15 heavy (non-hydrogen) atoms. The first-order chi connectivity index (χ1) is 7.11. The number of nitrogens with zero attached hydrogens (tertiary/aromatic N) is 4. The van der Waals surface area contributed by atoms with E-state index in [2.05, 4.69) is 9.98 Å². The number of nitriles is 2. The van der Waals surface area contributed by atoms with Gasteiger partial charge in [-0.1, -0.05) is 0 Å². The number of hydrogen-bond acceptors (Lipinski definition) is 4. The highest BCUT2D eigenvalue weighted by molar-refractivity contribution is 6.26. The average molecular weight is 198 g/mol. The van der Waals surface area contributed by atoms with Crippen LogP contribution in [0.4, 0.5) is 0 Å². The summed E-state index contributed by atoms with van der Waals surface area (Å²) in [6, 6.07) is 0. The Kier molecular flexibility index (Phi) is 3.15. The molecule has 0 aromatic carbocycles. The molecule has 1 aliphatic carbocycles. The van der Waals surface area contributed by atoms with Gasteiger partial charge in [-0.2, -0.15) is 20.5 Å². The second-order valence-electron chi connectivity index (χ2n) is 3.23. The lowest BCUT2D eigenvalue weighted by Gasteiger charge is -2.15. The molecular formula is C11H10N4. The molecule has 0 atom stereocenters. The molecule has 0 spiro atoms. The van der Waals surface area contributed by atoms with Crippen molar-refractivity contribution in [2.24, 2.45) is 9.98 Å². The van der Waals surface area contributed by atoms with Crippen LogP contribution in [0.2, 0.25) is 0 Å². The molecule has 0 heterocycles. The van der Waals surface area contributed by atoms with E-state index in [0.717, 1.165) is 16.7 Å². The number of allylic oxidation sites excluding steroid dienone is 4. The average Bonchev–Trinajstić information content (AvgIpc) is 2.21. The van der Waals surface area contributed by atoms with Gasteiger partial charge in [0.25, 0.3) is 0 Å². The predicted octanol–water partition coefficient (Wildman–Crippen LogP) is 2.13. The van der Waals surface area contributed by atoms with Crippen molar-refractivity contribution in [2.45, 2.75) is 20.8 Å². The van der Waals surface area contributed by atoms with Gasteiger partial charge in [0.05, 0.1) is 11.4 Å². The molecular weight excluding hydrogens is 188 g/mol. The van der Waals surface area contributed by atoms with Gasteiger partial charge in [0.1, 0.15) is 0 Å². The summed E-state index contributed by atoms with van der Waals surface area (Å²) >= 11 is 0. The third kappa shape index (κ3) is 2.00. The lowest BCUT2D eigenvalue weighted by atomic mass is 9.91. The van der Waals surface area contributed by atoms with Gasteiger partial charge in [0, 0.05) is 0 Å². The normalized spacial score (nSPS) is 21.3. The standard InChI is InChI=1S/C11H10N4/c1-7-4-10(14-5-12)8(2)9(3)11(7)15-6-13/h4H,1-3H3. The van der Waals surface area contributed by atoms with E-state index in [1.165, 1.54) is 0 Å². The Hall–Kier alpha value is -2.20. The van der Waals surface area contributed by atoms with Crippen LogP contribution in [0.25, 0.3) is 0 Å². The molecule has 0 saturated heterocycles. The van der Waals surface area contributed by atoms with Crippen molar-refractivity contribution in [3.8, 4) is 12.4 Å². The predicted molar refractivity (Wildman–Crippen MR) is 58.2 cm³/mol. The molecule has 1 aliphatic rings. The third-order valence-corrected chi connectivity index (χ3v) is 2.36. The van der Waals surface area contributed by atoms with E-state index in [4.69, 9.17) is 10.5 Å². The topological polar surface area (TPSA) is 72.3 Å². The highest BCUT2D eigenvalue weighted by atomic mass is 14.8. The van der Waals surface area contributed by atoms with Gasteiger partial charge in [-0.15, -0.1) is 0 Å². The Morgan fingerprint density at radius 2 is 1.60 bits per heavy atom. The zero-order valence-corrected chi connectivity index (χ0v) is 8.87. The molecule has 0 fully saturated rings. The zero-order valence-electron chi connectivity index (χ0n) is 8.87. The van der Waals surface area contributed by atoms with Crippen molar-refractivity contribution >= 4 is 11.4 Å². The van der Waals surface area contributed by atoms with Crippen LogP contribution in [0.1, 0.15) is 20.8 Å². The van der Waals surface area contributed by atoms with E-state index in [-0.39, 0.29) is 0 Å². The third-order valence-electron chi connectivity index (χ3n) is 2.36. The Morgan fingerprint density at radius 3 is 2.13 bits per heavy atom. The molecule has 0 aromatic rings. The fourth-order valence-corrected chi connectivity index (χ4v) is 1.44. The molecule has 0 N–H and O–H groups in total. The van der Waals surface area contributed by atoms with E-state index in [1.54, 1.807) is 18.5 Å². The van der Waals surface area contributed by atoms with E-state index < -0.39 is 0 Å². The van der Waals surface area contributed by atoms with Gasteiger partial charge in [0.15, 0.2) is 0 Å². The van der Waals surface area contributed by atoms with Crippen LogP contribution in [-0.2, 0) is 0 Å². The molecule has 0 amide bonds. The maximum Gasteiger partial charge on any atom is 0.206 e. The first-order valence-corrected chi connectivity index (χ1v) is 4.42. The fraction of sp³-hybridized carbons (Fsp3) is 0.273. The molecule has 0 unspecified atom stereocenters. The van der Waals surface area contributed by atoms with Gasteiger partial charge in [-0.05, 0) is 43.6 Å². The Bertz CT molecular complexity index is 490. The van der Waals surface area contributed by atoms with Crippen LogP contribution in [0, 0.1) is 22.9 Å². The Morgan fingerprint density at radius 1 is 1.00 bits per heavy atom. The first kappa shape index (κ1) is 10.9. The summed E-state index contributed by atoms with van der Waals surface area (Å²) in [4.78, 5) is 7.46. The summed E-state index contributed by atoms with van der Waals surface area (Å²) in [6.45, 7) is 5.58.